The van der Waals surface area contributed by atoms with Gasteiger partial charge in [0.15, 0.2) is 0 Å². The Kier molecular flexibility index (Phi) is 8.56. The second-order valence-electron chi connectivity index (χ2n) is 8.30. The highest BCUT2D eigenvalue weighted by molar-refractivity contribution is 7.99. The molecular weight excluding hydrogens is 434 g/mol. The van der Waals surface area contributed by atoms with E-state index < -0.39 is 24.4 Å². The summed E-state index contributed by atoms with van der Waals surface area (Å²) >= 11 is 1.55. The molecule has 5 nitrogen and oxygen atoms in total. The molecule has 174 valence electrons. The van der Waals surface area contributed by atoms with E-state index in [1.165, 1.54) is 5.56 Å². The Labute approximate surface area is 199 Å². The summed E-state index contributed by atoms with van der Waals surface area (Å²) in [4.78, 5) is 1.06. The first-order valence-corrected chi connectivity index (χ1v) is 12.1. The molecule has 0 radical (unpaired) electrons. The smallest absolute Gasteiger partial charge is 0.126 e. The quantitative estimate of drug-likeness (QED) is 0.491. The lowest BCUT2D eigenvalue weighted by Gasteiger charge is -2.43. The molecule has 1 aliphatic heterocycles. The van der Waals surface area contributed by atoms with E-state index in [1.807, 2.05) is 60.7 Å². The number of aliphatic hydroxyl groups is 1. The molecular formula is C27H31NO4S. The third kappa shape index (κ3) is 6.67. The van der Waals surface area contributed by atoms with Gasteiger partial charge in [-0.2, -0.15) is 0 Å². The van der Waals surface area contributed by atoms with Gasteiger partial charge in [0.1, 0.15) is 23.7 Å². The van der Waals surface area contributed by atoms with E-state index in [0.29, 0.717) is 13.2 Å². The third-order valence-corrected chi connectivity index (χ3v) is 6.87. The molecule has 3 aromatic carbocycles. The molecule has 0 aliphatic carbocycles. The first kappa shape index (κ1) is 24.0. The molecule has 1 heterocycles. The van der Waals surface area contributed by atoms with Gasteiger partial charge in [-0.05, 0) is 30.2 Å². The van der Waals surface area contributed by atoms with Crippen molar-refractivity contribution in [2.75, 3.05) is 6.61 Å². The highest BCUT2D eigenvalue weighted by Gasteiger charge is 2.44. The molecule has 0 unspecified atom stereocenters. The van der Waals surface area contributed by atoms with Crippen molar-refractivity contribution < 1.29 is 19.3 Å². The second kappa shape index (κ2) is 11.8. The van der Waals surface area contributed by atoms with Gasteiger partial charge < -0.3 is 25.1 Å². The number of aryl methyl sites for hydroxylation is 1. The Morgan fingerprint density at radius 2 is 1.48 bits per heavy atom. The second-order valence-corrected chi connectivity index (χ2v) is 9.48. The van der Waals surface area contributed by atoms with Gasteiger partial charge in [0.25, 0.3) is 0 Å². The summed E-state index contributed by atoms with van der Waals surface area (Å²) in [5.41, 5.74) is 9.49. The molecule has 0 spiro atoms. The van der Waals surface area contributed by atoms with E-state index in [1.54, 1.807) is 11.8 Å². The van der Waals surface area contributed by atoms with Gasteiger partial charge in [0.05, 0.1) is 25.9 Å². The van der Waals surface area contributed by atoms with Crippen LogP contribution in [-0.2, 0) is 27.4 Å². The summed E-state index contributed by atoms with van der Waals surface area (Å²) in [6.45, 7) is 3.13. The summed E-state index contributed by atoms with van der Waals surface area (Å²) in [5, 5.41) is 11.1. The Bertz CT molecular complexity index is 970. The molecule has 0 bridgehead atoms. The molecule has 33 heavy (non-hydrogen) atoms. The maximum absolute atomic E-state index is 11.1. The number of nitrogens with two attached hydrogens (primary N) is 1. The van der Waals surface area contributed by atoms with Crippen LogP contribution in [0.3, 0.4) is 0 Å². The number of thioether (sulfide) groups is 1. The molecule has 6 heteroatoms. The molecule has 0 saturated carbocycles. The lowest BCUT2D eigenvalue weighted by atomic mass is 9.98. The largest absolute Gasteiger partial charge is 0.388 e. The SMILES string of the molecule is Cc1ccc(S[C@@H]2O[C@H](COCc3ccccc3)[C@@H](O)[C@H](OCc3ccccc3)[C@H]2N)cc1. The monoisotopic (exact) mass is 465 g/mol. The van der Waals surface area contributed by atoms with Gasteiger partial charge in [-0.25, -0.2) is 0 Å². The van der Waals surface area contributed by atoms with Crippen molar-refractivity contribution in [2.45, 2.75) is 54.8 Å². The normalized spacial score (nSPS) is 25.1. The first-order valence-electron chi connectivity index (χ1n) is 11.2. The number of hydrogen-bond acceptors (Lipinski definition) is 6. The topological polar surface area (TPSA) is 73.9 Å². The highest BCUT2D eigenvalue weighted by Crippen LogP contribution is 2.34. The van der Waals surface area contributed by atoms with Crippen LogP contribution in [0.2, 0.25) is 0 Å². The van der Waals surface area contributed by atoms with Crippen LogP contribution >= 0.6 is 11.8 Å². The van der Waals surface area contributed by atoms with Gasteiger partial charge in [0.2, 0.25) is 0 Å². The molecule has 0 amide bonds. The maximum atomic E-state index is 11.1. The van der Waals surface area contributed by atoms with Gasteiger partial charge in [-0.15, -0.1) is 0 Å². The van der Waals surface area contributed by atoms with Crippen molar-refractivity contribution in [1.29, 1.82) is 0 Å². The lowest BCUT2D eigenvalue weighted by Crippen LogP contribution is -2.61. The zero-order valence-electron chi connectivity index (χ0n) is 18.7. The predicted molar refractivity (Wildman–Crippen MR) is 131 cm³/mol. The number of benzene rings is 3. The molecule has 1 saturated heterocycles. The van der Waals surface area contributed by atoms with Crippen LogP contribution in [0.25, 0.3) is 0 Å². The minimum absolute atomic E-state index is 0.249. The fourth-order valence-electron chi connectivity index (χ4n) is 3.78. The van der Waals surface area contributed by atoms with Gasteiger partial charge >= 0.3 is 0 Å². The van der Waals surface area contributed by atoms with E-state index in [2.05, 4.69) is 31.2 Å². The fraction of sp³-hybridized carbons (Fsp3) is 0.333. The Hall–Kier alpha value is -2.19. The summed E-state index contributed by atoms with van der Waals surface area (Å²) < 4.78 is 18.3. The van der Waals surface area contributed by atoms with Crippen LogP contribution in [0, 0.1) is 6.92 Å². The minimum Gasteiger partial charge on any atom is -0.388 e. The van der Waals surface area contributed by atoms with Crippen molar-refractivity contribution in [3.05, 3.63) is 102 Å². The Morgan fingerprint density at radius 3 is 2.12 bits per heavy atom. The predicted octanol–water partition coefficient (Wildman–Crippen LogP) is 4.30. The summed E-state index contributed by atoms with van der Waals surface area (Å²) in [5.74, 6) is 0. The zero-order chi connectivity index (χ0) is 23.0. The number of rotatable bonds is 9. The summed E-state index contributed by atoms with van der Waals surface area (Å²) in [7, 11) is 0. The molecule has 4 rings (SSSR count). The lowest BCUT2D eigenvalue weighted by molar-refractivity contribution is -0.191. The van der Waals surface area contributed by atoms with E-state index in [9.17, 15) is 5.11 Å². The average Bonchev–Trinajstić information content (AvgIpc) is 2.84. The zero-order valence-corrected chi connectivity index (χ0v) is 19.6. The summed E-state index contributed by atoms with van der Waals surface area (Å²) in [6.07, 6.45) is -2.01. The van der Waals surface area contributed by atoms with Crippen molar-refractivity contribution in [2.24, 2.45) is 5.73 Å². The first-order chi connectivity index (χ1) is 16.1. The van der Waals surface area contributed by atoms with Gasteiger partial charge in [0, 0.05) is 4.90 Å². The highest BCUT2D eigenvalue weighted by atomic mass is 32.2. The standard InChI is InChI=1S/C27H31NO4S/c1-19-12-14-22(15-13-19)33-27-24(28)26(31-17-21-10-6-3-7-11-21)25(29)23(32-27)18-30-16-20-8-4-2-5-9-20/h2-15,23-27,29H,16-18,28H2,1H3/t23-,24-,25-,26-,27+/m1/s1. The molecule has 5 atom stereocenters. The minimum atomic E-state index is -0.894. The Balaban J connectivity index is 1.44. The number of aliphatic hydroxyl groups excluding tert-OH is 1. The van der Waals surface area contributed by atoms with Crippen LogP contribution in [0.1, 0.15) is 16.7 Å². The van der Waals surface area contributed by atoms with Crippen LogP contribution < -0.4 is 5.73 Å². The van der Waals surface area contributed by atoms with Crippen LogP contribution in [0.5, 0.6) is 0 Å². The van der Waals surface area contributed by atoms with Crippen molar-refractivity contribution >= 4 is 11.8 Å². The number of hydrogen-bond donors (Lipinski definition) is 2. The van der Waals surface area contributed by atoms with Crippen molar-refractivity contribution in [3.63, 3.8) is 0 Å². The van der Waals surface area contributed by atoms with Crippen LogP contribution in [0.15, 0.2) is 89.8 Å². The third-order valence-electron chi connectivity index (χ3n) is 5.67. The van der Waals surface area contributed by atoms with Gasteiger partial charge in [-0.3, -0.25) is 0 Å². The van der Waals surface area contributed by atoms with E-state index >= 15 is 0 Å². The molecule has 3 N–H and O–H groups in total. The molecule has 0 aromatic heterocycles. The van der Waals surface area contributed by atoms with Gasteiger partial charge in [-0.1, -0.05) is 90.1 Å². The molecule has 3 aromatic rings. The van der Waals surface area contributed by atoms with Crippen LogP contribution in [0.4, 0.5) is 0 Å². The van der Waals surface area contributed by atoms with Crippen LogP contribution in [-0.4, -0.2) is 41.5 Å². The Morgan fingerprint density at radius 1 is 0.879 bits per heavy atom. The van der Waals surface area contributed by atoms with E-state index in [-0.39, 0.29) is 12.0 Å². The van der Waals surface area contributed by atoms with Crippen molar-refractivity contribution in [1.82, 2.24) is 0 Å². The van der Waals surface area contributed by atoms with E-state index in [0.717, 1.165) is 16.0 Å². The maximum Gasteiger partial charge on any atom is 0.126 e. The van der Waals surface area contributed by atoms with E-state index in [4.69, 9.17) is 19.9 Å². The number of ether oxygens (including phenoxy) is 3. The molecule has 1 aliphatic rings. The fourth-order valence-corrected chi connectivity index (χ4v) is 4.85. The molecule has 1 fully saturated rings. The average molecular weight is 466 g/mol. The summed E-state index contributed by atoms with van der Waals surface area (Å²) in [6, 6.07) is 27.6. The van der Waals surface area contributed by atoms with Crippen molar-refractivity contribution in [3.8, 4) is 0 Å².